The highest BCUT2D eigenvalue weighted by atomic mass is 79.9. The number of carbonyl (C=O) groups is 2. The average molecular weight is 506 g/mol. The van der Waals surface area contributed by atoms with Crippen LogP contribution in [0.15, 0.2) is 0 Å². The van der Waals surface area contributed by atoms with Gasteiger partial charge in [-0.1, -0.05) is 141 Å². The van der Waals surface area contributed by atoms with Gasteiger partial charge in [-0.2, -0.15) is 0 Å². The van der Waals surface area contributed by atoms with Gasteiger partial charge in [-0.3, -0.25) is 10.1 Å². The predicted molar refractivity (Wildman–Crippen MR) is 140 cm³/mol. The fraction of sp³-hybridized carbons (Fsp3) is 0.923. The van der Waals surface area contributed by atoms with E-state index in [0.717, 1.165) is 11.8 Å². The molecular formula is C26H53BrN2O2. The first-order valence-corrected chi connectivity index (χ1v) is 13.7. The molecular weight excluding hydrogens is 452 g/mol. The predicted octanol–water partition coefficient (Wildman–Crippen LogP) is 8.50. The second kappa shape index (κ2) is 21.3. The Hall–Kier alpha value is -0.580. The zero-order valence-corrected chi connectivity index (χ0v) is 23.1. The van der Waals surface area contributed by atoms with Crippen molar-refractivity contribution in [1.29, 1.82) is 0 Å². The zero-order chi connectivity index (χ0) is 24.1. The maximum absolute atomic E-state index is 11.3. The second-order valence-electron chi connectivity index (χ2n) is 9.39. The number of primary amides is 1. The van der Waals surface area contributed by atoms with Crippen LogP contribution in [0.3, 0.4) is 0 Å². The Labute approximate surface area is 202 Å². The highest BCUT2D eigenvalue weighted by Gasteiger charge is 2.32. The first-order chi connectivity index (χ1) is 14.6. The van der Waals surface area contributed by atoms with Crippen LogP contribution in [0.4, 0.5) is 4.79 Å². The number of nitrogens with two attached hydrogens (primary N) is 1. The van der Waals surface area contributed by atoms with Gasteiger partial charge in [-0.05, 0) is 24.7 Å². The maximum atomic E-state index is 11.3. The Morgan fingerprint density at radius 1 is 0.774 bits per heavy atom. The lowest BCUT2D eigenvalue weighted by Gasteiger charge is -2.21. The lowest BCUT2D eigenvalue weighted by Crippen LogP contribution is -2.46. The molecule has 4 nitrogen and oxygen atoms in total. The minimum atomic E-state index is -0.814. The zero-order valence-electron chi connectivity index (χ0n) is 21.5. The molecule has 0 radical (unpaired) electrons. The van der Waals surface area contributed by atoms with Gasteiger partial charge in [0, 0.05) is 0 Å². The SMILES string of the molecule is CCC(Br)(CC)C(=O)NC(N)=O.CCCCCCCCCCCCCCC(C)C(C)C. The molecule has 0 saturated carbocycles. The lowest BCUT2D eigenvalue weighted by atomic mass is 9.92. The van der Waals surface area contributed by atoms with Gasteiger partial charge in [0.25, 0.3) is 0 Å². The molecule has 1 atom stereocenters. The molecule has 0 aromatic carbocycles. The van der Waals surface area contributed by atoms with E-state index in [0.29, 0.717) is 12.8 Å². The summed E-state index contributed by atoms with van der Waals surface area (Å²) in [6, 6.07) is -0.814. The van der Waals surface area contributed by atoms with Gasteiger partial charge in [-0.25, -0.2) is 4.79 Å². The van der Waals surface area contributed by atoms with Crippen molar-refractivity contribution in [2.24, 2.45) is 17.6 Å². The summed E-state index contributed by atoms with van der Waals surface area (Å²) in [6.07, 6.45) is 20.2. The highest BCUT2D eigenvalue weighted by Crippen LogP contribution is 2.26. The molecule has 0 aromatic rings. The number of unbranched alkanes of at least 4 members (excludes halogenated alkanes) is 11. The third-order valence-electron chi connectivity index (χ3n) is 6.42. The number of urea groups is 1. The molecule has 0 fully saturated rings. The molecule has 0 rings (SSSR count). The van der Waals surface area contributed by atoms with Crippen molar-refractivity contribution in [3.63, 3.8) is 0 Å². The van der Waals surface area contributed by atoms with Crippen LogP contribution in [-0.4, -0.2) is 16.3 Å². The lowest BCUT2D eigenvalue weighted by molar-refractivity contribution is -0.122. The van der Waals surface area contributed by atoms with E-state index in [1.807, 2.05) is 19.2 Å². The molecule has 1 unspecified atom stereocenters. The Balaban J connectivity index is 0. The minimum Gasteiger partial charge on any atom is -0.351 e. The van der Waals surface area contributed by atoms with Crippen LogP contribution >= 0.6 is 15.9 Å². The number of halogens is 1. The van der Waals surface area contributed by atoms with Gasteiger partial charge in [0.1, 0.15) is 4.32 Å². The van der Waals surface area contributed by atoms with Gasteiger partial charge < -0.3 is 5.73 Å². The van der Waals surface area contributed by atoms with Crippen LogP contribution < -0.4 is 11.1 Å². The van der Waals surface area contributed by atoms with Crippen LogP contribution in [0.1, 0.15) is 138 Å². The third kappa shape index (κ3) is 19.8. The summed E-state index contributed by atoms with van der Waals surface area (Å²) in [6.45, 7) is 13.1. The van der Waals surface area contributed by atoms with Gasteiger partial charge >= 0.3 is 6.03 Å². The monoisotopic (exact) mass is 504 g/mol. The molecule has 5 heteroatoms. The molecule has 0 heterocycles. The first kappa shape index (κ1) is 32.6. The Morgan fingerprint density at radius 2 is 1.16 bits per heavy atom. The summed E-state index contributed by atoms with van der Waals surface area (Å²) in [5, 5.41) is 2.04. The van der Waals surface area contributed by atoms with E-state index in [-0.39, 0.29) is 5.91 Å². The Morgan fingerprint density at radius 3 is 1.48 bits per heavy atom. The van der Waals surface area contributed by atoms with Crippen molar-refractivity contribution in [2.45, 2.75) is 142 Å². The van der Waals surface area contributed by atoms with E-state index in [2.05, 4.69) is 43.6 Å². The van der Waals surface area contributed by atoms with E-state index in [1.54, 1.807) is 0 Å². The largest absolute Gasteiger partial charge is 0.351 e. The van der Waals surface area contributed by atoms with Gasteiger partial charge in [-0.15, -0.1) is 0 Å². The molecule has 0 bridgehead atoms. The van der Waals surface area contributed by atoms with Gasteiger partial charge in [0.05, 0.1) is 0 Å². The number of amides is 3. The minimum absolute atomic E-state index is 0.375. The van der Waals surface area contributed by atoms with E-state index in [4.69, 9.17) is 5.73 Å². The first-order valence-electron chi connectivity index (χ1n) is 12.9. The smallest absolute Gasteiger partial charge is 0.318 e. The van der Waals surface area contributed by atoms with E-state index in [9.17, 15) is 9.59 Å². The summed E-state index contributed by atoms with van der Waals surface area (Å²) in [5.41, 5.74) is 4.81. The fourth-order valence-corrected chi connectivity index (χ4v) is 3.53. The maximum Gasteiger partial charge on any atom is 0.318 e. The van der Waals surface area contributed by atoms with Crippen LogP contribution in [0.25, 0.3) is 0 Å². The van der Waals surface area contributed by atoms with Crippen molar-refractivity contribution in [3.8, 4) is 0 Å². The van der Waals surface area contributed by atoms with Crippen LogP contribution in [0, 0.1) is 11.8 Å². The van der Waals surface area contributed by atoms with E-state index >= 15 is 0 Å². The number of carbonyl (C=O) groups excluding carboxylic acids is 2. The Bertz CT molecular complexity index is 437. The van der Waals surface area contributed by atoms with Crippen LogP contribution in [0.2, 0.25) is 0 Å². The topological polar surface area (TPSA) is 72.2 Å². The van der Waals surface area contributed by atoms with Gasteiger partial charge in [0.2, 0.25) is 5.91 Å². The highest BCUT2D eigenvalue weighted by molar-refractivity contribution is 9.10. The van der Waals surface area contributed by atoms with Crippen molar-refractivity contribution >= 4 is 27.9 Å². The third-order valence-corrected chi connectivity index (χ3v) is 7.90. The van der Waals surface area contributed by atoms with Gasteiger partial charge in [0.15, 0.2) is 0 Å². The van der Waals surface area contributed by atoms with Crippen molar-refractivity contribution in [1.82, 2.24) is 5.32 Å². The molecule has 0 saturated heterocycles. The molecule has 31 heavy (non-hydrogen) atoms. The van der Waals surface area contributed by atoms with E-state index in [1.165, 1.54) is 83.5 Å². The average Bonchev–Trinajstić information content (AvgIpc) is 2.73. The quantitative estimate of drug-likeness (QED) is 0.154. The van der Waals surface area contributed by atoms with Crippen molar-refractivity contribution in [3.05, 3.63) is 0 Å². The molecule has 0 aromatic heterocycles. The van der Waals surface area contributed by atoms with Crippen LogP contribution in [0.5, 0.6) is 0 Å². The molecule has 0 aliphatic carbocycles. The van der Waals surface area contributed by atoms with E-state index < -0.39 is 10.4 Å². The van der Waals surface area contributed by atoms with Crippen molar-refractivity contribution < 1.29 is 9.59 Å². The fourth-order valence-electron chi connectivity index (χ4n) is 3.44. The summed E-state index contributed by atoms with van der Waals surface area (Å²) >= 11 is 3.26. The molecule has 186 valence electrons. The number of alkyl halides is 1. The summed E-state index contributed by atoms with van der Waals surface area (Å²) in [5.74, 6) is 1.41. The number of nitrogens with one attached hydrogen (secondary N) is 1. The Kier molecular flexibility index (Phi) is 22.4. The number of imide groups is 1. The van der Waals surface area contributed by atoms with Crippen molar-refractivity contribution in [2.75, 3.05) is 0 Å². The second-order valence-corrected chi connectivity index (χ2v) is 10.9. The molecule has 3 N–H and O–H groups in total. The normalized spacial score (nSPS) is 12.3. The molecule has 3 amide bonds. The molecule has 0 aliphatic rings. The van der Waals surface area contributed by atoms with Crippen LogP contribution in [-0.2, 0) is 4.79 Å². The number of hydrogen-bond donors (Lipinski definition) is 2. The summed E-state index contributed by atoms with van der Waals surface area (Å²) < 4.78 is -0.665. The molecule has 0 aliphatic heterocycles. The number of rotatable bonds is 17. The molecule has 0 spiro atoms. The number of hydrogen-bond acceptors (Lipinski definition) is 2. The summed E-state index contributed by atoms with van der Waals surface area (Å²) in [4.78, 5) is 21.6. The summed E-state index contributed by atoms with van der Waals surface area (Å²) in [7, 11) is 0. The standard InChI is InChI=1S/C19H40.C7H13BrN2O2/c1-5-6-7-8-9-10-11-12-13-14-15-16-17-19(4)18(2)3;1-3-7(8,4-2)5(11)10-6(9)12/h18-19H,5-17H2,1-4H3;3-4H2,1-2H3,(H3,9,10,11,12).